The number of rotatable bonds is 4. The molecular formula is C19H20N2O3S. The molecule has 1 fully saturated rings. The van der Waals surface area contributed by atoms with Crippen LogP contribution in [-0.4, -0.2) is 21.0 Å². The highest BCUT2D eigenvalue weighted by Gasteiger charge is 2.43. The topological polar surface area (TPSA) is 57.7 Å². The fourth-order valence-electron chi connectivity index (χ4n) is 3.16. The first kappa shape index (κ1) is 16.1. The number of carbonyl (C=O) groups excluding carboxylic acids is 1. The number of urea groups is 1. The molecule has 2 amide bonds. The lowest BCUT2D eigenvalue weighted by molar-refractivity contribution is 0.253. The van der Waals surface area contributed by atoms with Crippen LogP contribution in [0, 0.1) is 5.92 Å². The van der Waals surface area contributed by atoms with Gasteiger partial charge >= 0.3 is 6.03 Å². The molecule has 1 aliphatic heterocycles. The molecule has 0 radical (unpaired) electrons. The molecule has 1 heterocycles. The van der Waals surface area contributed by atoms with Gasteiger partial charge in [0.2, 0.25) is 0 Å². The van der Waals surface area contributed by atoms with Gasteiger partial charge in [-0.3, -0.25) is 4.90 Å². The SMILES string of the molecule is CCc1ccc(N2C(=O)N(CC3CC3)c3ccccc3S2(=O)=O)cc1. The molecule has 6 heteroatoms. The highest BCUT2D eigenvalue weighted by Crippen LogP contribution is 2.40. The summed E-state index contributed by atoms with van der Waals surface area (Å²) in [4.78, 5) is 14.9. The fraction of sp³-hybridized carbons (Fsp3) is 0.316. The second kappa shape index (κ2) is 5.88. The summed E-state index contributed by atoms with van der Waals surface area (Å²) in [6.07, 6.45) is 3.03. The van der Waals surface area contributed by atoms with Crippen molar-refractivity contribution in [2.75, 3.05) is 15.7 Å². The third kappa shape index (κ3) is 2.70. The molecule has 2 aliphatic rings. The fourth-order valence-corrected chi connectivity index (χ4v) is 4.76. The van der Waals surface area contributed by atoms with E-state index in [0.29, 0.717) is 23.8 Å². The Labute approximate surface area is 147 Å². The van der Waals surface area contributed by atoms with Crippen molar-refractivity contribution in [2.45, 2.75) is 31.1 Å². The van der Waals surface area contributed by atoms with Gasteiger partial charge in [0.25, 0.3) is 10.0 Å². The zero-order valence-corrected chi connectivity index (χ0v) is 14.9. The Hall–Kier alpha value is -2.34. The average Bonchev–Trinajstić information content (AvgIpc) is 3.43. The Kier molecular flexibility index (Phi) is 3.80. The minimum absolute atomic E-state index is 0.190. The number of nitrogens with zero attached hydrogens (tertiary/aromatic N) is 2. The summed E-state index contributed by atoms with van der Waals surface area (Å²) >= 11 is 0. The normalized spacial score (nSPS) is 19.0. The first-order valence-electron chi connectivity index (χ1n) is 8.57. The number of hydrogen-bond donors (Lipinski definition) is 0. The Morgan fingerprint density at radius 2 is 1.72 bits per heavy atom. The molecule has 0 unspecified atom stereocenters. The van der Waals surface area contributed by atoms with Gasteiger partial charge in [0.05, 0.1) is 11.4 Å². The van der Waals surface area contributed by atoms with Crippen LogP contribution in [0.15, 0.2) is 53.4 Å². The minimum Gasteiger partial charge on any atom is -0.292 e. The zero-order chi connectivity index (χ0) is 17.6. The van der Waals surface area contributed by atoms with Crippen LogP contribution in [-0.2, 0) is 16.4 Å². The van der Waals surface area contributed by atoms with E-state index < -0.39 is 16.1 Å². The molecule has 4 rings (SSSR count). The average molecular weight is 356 g/mol. The third-order valence-electron chi connectivity index (χ3n) is 4.80. The summed E-state index contributed by atoms with van der Waals surface area (Å²) in [6, 6.07) is 13.4. The predicted molar refractivity (Wildman–Crippen MR) is 97.4 cm³/mol. The maximum Gasteiger partial charge on any atom is 0.343 e. The van der Waals surface area contributed by atoms with E-state index in [1.54, 1.807) is 41.3 Å². The smallest absolute Gasteiger partial charge is 0.292 e. The summed E-state index contributed by atoms with van der Waals surface area (Å²) in [6.45, 7) is 2.60. The lowest BCUT2D eigenvalue weighted by Gasteiger charge is -2.36. The van der Waals surface area contributed by atoms with E-state index in [1.807, 2.05) is 19.1 Å². The van der Waals surface area contributed by atoms with Crippen molar-refractivity contribution in [3.63, 3.8) is 0 Å². The van der Waals surface area contributed by atoms with Crippen molar-refractivity contribution < 1.29 is 13.2 Å². The molecule has 0 aromatic heterocycles. The lowest BCUT2D eigenvalue weighted by atomic mass is 10.1. The number of carbonyl (C=O) groups is 1. The molecule has 0 saturated heterocycles. The maximum absolute atomic E-state index is 13.1. The van der Waals surface area contributed by atoms with Crippen LogP contribution < -0.4 is 9.21 Å². The van der Waals surface area contributed by atoms with Crippen LogP contribution in [0.1, 0.15) is 25.3 Å². The predicted octanol–water partition coefficient (Wildman–Crippen LogP) is 3.79. The summed E-state index contributed by atoms with van der Waals surface area (Å²) in [5.74, 6) is 0.460. The molecule has 0 atom stereocenters. The number of aryl methyl sites for hydroxylation is 1. The van der Waals surface area contributed by atoms with Gasteiger partial charge in [-0.05, 0) is 55.0 Å². The van der Waals surface area contributed by atoms with Crippen molar-refractivity contribution in [1.29, 1.82) is 0 Å². The van der Waals surface area contributed by atoms with Gasteiger partial charge in [0.1, 0.15) is 4.90 Å². The molecule has 2 aromatic rings. The Balaban J connectivity index is 1.84. The Bertz CT molecular complexity index is 918. The van der Waals surface area contributed by atoms with Gasteiger partial charge in [-0.15, -0.1) is 0 Å². The minimum atomic E-state index is -3.91. The van der Waals surface area contributed by atoms with E-state index in [0.717, 1.165) is 29.1 Å². The van der Waals surface area contributed by atoms with Crippen LogP contribution in [0.5, 0.6) is 0 Å². The molecule has 0 bridgehead atoms. The lowest BCUT2D eigenvalue weighted by Crippen LogP contribution is -2.51. The van der Waals surface area contributed by atoms with Crippen molar-refractivity contribution in [3.8, 4) is 0 Å². The van der Waals surface area contributed by atoms with E-state index >= 15 is 0 Å². The monoisotopic (exact) mass is 356 g/mol. The van der Waals surface area contributed by atoms with Gasteiger partial charge in [0, 0.05) is 6.54 Å². The Morgan fingerprint density at radius 3 is 2.36 bits per heavy atom. The number of fused-ring (bicyclic) bond motifs is 1. The maximum atomic E-state index is 13.1. The van der Waals surface area contributed by atoms with E-state index in [4.69, 9.17) is 0 Å². The van der Waals surface area contributed by atoms with Gasteiger partial charge in [-0.25, -0.2) is 13.2 Å². The zero-order valence-electron chi connectivity index (χ0n) is 14.1. The molecule has 130 valence electrons. The number of benzene rings is 2. The van der Waals surface area contributed by atoms with Gasteiger partial charge in [-0.2, -0.15) is 4.31 Å². The van der Waals surface area contributed by atoms with E-state index in [9.17, 15) is 13.2 Å². The highest BCUT2D eigenvalue weighted by molar-refractivity contribution is 7.94. The van der Waals surface area contributed by atoms with Crippen LogP contribution in [0.4, 0.5) is 16.2 Å². The van der Waals surface area contributed by atoms with E-state index in [-0.39, 0.29) is 4.90 Å². The first-order valence-corrected chi connectivity index (χ1v) is 10.0. The standard InChI is InChI=1S/C19H20N2O3S/c1-2-14-9-11-16(12-10-14)21-19(22)20(13-15-7-8-15)17-5-3-4-6-18(17)25(21,23)24/h3-6,9-12,15H,2,7-8,13H2,1H3. The molecule has 0 N–H and O–H groups in total. The molecular weight excluding hydrogens is 336 g/mol. The summed E-state index contributed by atoms with van der Waals surface area (Å²) in [7, 11) is -3.91. The van der Waals surface area contributed by atoms with Crippen molar-refractivity contribution in [2.24, 2.45) is 5.92 Å². The van der Waals surface area contributed by atoms with Crippen molar-refractivity contribution in [1.82, 2.24) is 0 Å². The van der Waals surface area contributed by atoms with Gasteiger partial charge < -0.3 is 0 Å². The van der Waals surface area contributed by atoms with Crippen LogP contribution in [0.3, 0.4) is 0 Å². The first-order chi connectivity index (χ1) is 12.0. The van der Waals surface area contributed by atoms with Crippen LogP contribution >= 0.6 is 0 Å². The van der Waals surface area contributed by atoms with Crippen LogP contribution in [0.25, 0.3) is 0 Å². The molecule has 1 saturated carbocycles. The quantitative estimate of drug-likeness (QED) is 0.837. The highest BCUT2D eigenvalue weighted by atomic mass is 32.2. The summed E-state index contributed by atoms with van der Waals surface area (Å²) in [5, 5.41) is 0. The second-order valence-electron chi connectivity index (χ2n) is 6.59. The van der Waals surface area contributed by atoms with Gasteiger partial charge in [-0.1, -0.05) is 31.2 Å². The largest absolute Gasteiger partial charge is 0.343 e. The Morgan fingerprint density at radius 1 is 1.04 bits per heavy atom. The number of hydrogen-bond acceptors (Lipinski definition) is 3. The molecule has 25 heavy (non-hydrogen) atoms. The number of amides is 2. The van der Waals surface area contributed by atoms with Crippen molar-refractivity contribution in [3.05, 3.63) is 54.1 Å². The van der Waals surface area contributed by atoms with Crippen molar-refractivity contribution >= 4 is 27.4 Å². The molecule has 5 nitrogen and oxygen atoms in total. The third-order valence-corrected chi connectivity index (χ3v) is 6.54. The number of anilines is 2. The molecule has 0 spiro atoms. The summed E-state index contributed by atoms with van der Waals surface area (Å²) in [5.41, 5.74) is 1.97. The van der Waals surface area contributed by atoms with E-state index in [2.05, 4.69) is 0 Å². The van der Waals surface area contributed by atoms with Gasteiger partial charge in [0.15, 0.2) is 0 Å². The second-order valence-corrected chi connectivity index (χ2v) is 8.35. The number of sulfonamides is 1. The van der Waals surface area contributed by atoms with E-state index in [1.165, 1.54) is 0 Å². The van der Waals surface area contributed by atoms with Crippen LogP contribution in [0.2, 0.25) is 0 Å². The molecule has 2 aromatic carbocycles. The summed E-state index contributed by atoms with van der Waals surface area (Å²) < 4.78 is 27.1. The molecule has 1 aliphatic carbocycles. The number of para-hydroxylation sites is 1.